The molecule has 3 aromatic rings. The van der Waals surface area contributed by atoms with Crippen molar-refractivity contribution in [3.63, 3.8) is 0 Å². The first kappa shape index (κ1) is 22.3. The van der Waals surface area contributed by atoms with Crippen LogP contribution in [0.5, 0.6) is 0 Å². The number of benzene rings is 3. The molecule has 1 amide bonds. The highest BCUT2D eigenvalue weighted by Gasteiger charge is 2.27. The molecule has 4 rings (SSSR count). The van der Waals surface area contributed by atoms with Crippen LogP contribution in [-0.2, 0) is 10.1 Å². The van der Waals surface area contributed by atoms with Crippen molar-refractivity contribution in [2.45, 2.75) is 26.3 Å². The van der Waals surface area contributed by atoms with Crippen LogP contribution in [0.15, 0.2) is 60.7 Å². The van der Waals surface area contributed by atoms with Gasteiger partial charge in [-0.2, -0.15) is 8.42 Å². The van der Waals surface area contributed by atoms with Crippen LogP contribution in [0, 0.1) is 12.8 Å². The van der Waals surface area contributed by atoms with Gasteiger partial charge in [-0.05, 0) is 60.2 Å². The number of hydrogen-bond acceptors (Lipinski definition) is 4. The van der Waals surface area contributed by atoms with Crippen molar-refractivity contribution in [1.82, 2.24) is 5.32 Å². The first-order valence-electron chi connectivity index (χ1n) is 10.8. The Morgan fingerprint density at radius 3 is 2.69 bits per heavy atom. The second kappa shape index (κ2) is 8.92. The standard InChI is InChI=1S/C25H28N2O4S/c1-17-10-11-21(27-13-12-19(15-27)16-32(29,30)31)14-24(17)25(28)26-18(2)22-9-5-7-20-6-3-4-8-23(20)22/h3-11,14,18-19H,12-13,15-16H2,1-2H3,(H,26,28)(H,29,30,31)/t18-,19+/m1/s1. The normalized spacial score (nSPS) is 17.5. The zero-order valence-corrected chi connectivity index (χ0v) is 19.1. The Balaban J connectivity index is 1.52. The maximum atomic E-state index is 13.2. The molecule has 1 heterocycles. The highest BCUT2D eigenvalue weighted by atomic mass is 32.2. The van der Waals surface area contributed by atoms with Crippen LogP contribution >= 0.6 is 0 Å². The fourth-order valence-corrected chi connectivity index (χ4v) is 5.40. The summed E-state index contributed by atoms with van der Waals surface area (Å²) in [5, 5.41) is 5.39. The van der Waals surface area contributed by atoms with Crippen LogP contribution in [0.3, 0.4) is 0 Å². The van der Waals surface area contributed by atoms with E-state index < -0.39 is 10.1 Å². The van der Waals surface area contributed by atoms with Crippen LogP contribution in [0.1, 0.15) is 40.9 Å². The van der Waals surface area contributed by atoms with Gasteiger partial charge in [0.2, 0.25) is 0 Å². The lowest BCUT2D eigenvalue weighted by Gasteiger charge is -2.21. The first-order valence-corrected chi connectivity index (χ1v) is 12.4. The molecule has 168 valence electrons. The van der Waals surface area contributed by atoms with E-state index in [0.717, 1.165) is 27.6 Å². The van der Waals surface area contributed by atoms with Crippen LogP contribution < -0.4 is 10.2 Å². The Bertz CT molecular complexity index is 1250. The van der Waals surface area contributed by atoms with Crippen LogP contribution in [0.4, 0.5) is 5.69 Å². The highest BCUT2D eigenvalue weighted by molar-refractivity contribution is 7.85. The van der Waals surface area contributed by atoms with Crippen molar-refractivity contribution < 1.29 is 17.8 Å². The van der Waals surface area contributed by atoms with Crippen molar-refractivity contribution in [1.29, 1.82) is 0 Å². The largest absolute Gasteiger partial charge is 0.371 e. The lowest BCUT2D eigenvalue weighted by molar-refractivity contribution is 0.0939. The van der Waals surface area contributed by atoms with Gasteiger partial charge in [0.1, 0.15) is 0 Å². The van der Waals surface area contributed by atoms with Crippen molar-refractivity contribution in [2.75, 3.05) is 23.7 Å². The minimum Gasteiger partial charge on any atom is -0.371 e. The summed E-state index contributed by atoms with van der Waals surface area (Å²) in [5.41, 5.74) is 3.44. The second-order valence-electron chi connectivity index (χ2n) is 8.61. The summed E-state index contributed by atoms with van der Waals surface area (Å²) in [6, 6.07) is 19.8. The Labute approximate surface area is 189 Å². The molecule has 6 nitrogen and oxygen atoms in total. The van der Waals surface area contributed by atoms with Gasteiger partial charge in [-0.25, -0.2) is 0 Å². The molecule has 0 bridgehead atoms. The number of hydrogen-bond donors (Lipinski definition) is 2. The fourth-order valence-electron chi connectivity index (χ4n) is 4.53. The SMILES string of the molecule is Cc1ccc(N2CC[C@H](CS(=O)(=O)O)C2)cc1C(=O)N[C@H](C)c1cccc2ccccc12. The summed E-state index contributed by atoms with van der Waals surface area (Å²) < 4.78 is 31.5. The van der Waals surface area contributed by atoms with Gasteiger partial charge in [-0.3, -0.25) is 9.35 Å². The number of aryl methyl sites for hydroxylation is 1. The van der Waals surface area contributed by atoms with Crippen LogP contribution in [0.2, 0.25) is 0 Å². The number of fused-ring (bicyclic) bond motifs is 1. The zero-order chi connectivity index (χ0) is 22.9. The lowest BCUT2D eigenvalue weighted by atomic mass is 9.99. The van der Waals surface area contributed by atoms with Gasteiger partial charge in [0, 0.05) is 24.3 Å². The van der Waals surface area contributed by atoms with Crippen LogP contribution in [0.25, 0.3) is 10.8 Å². The molecule has 0 unspecified atom stereocenters. The lowest BCUT2D eigenvalue weighted by Crippen LogP contribution is -2.28. The highest BCUT2D eigenvalue weighted by Crippen LogP contribution is 2.28. The second-order valence-corrected chi connectivity index (χ2v) is 10.1. The Kier molecular flexibility index (Phi) is 6.22. The molecule has 0 spiro atoms. The summed E-state index contributed by atoms with van der Waals surface area (Å²) in [7, 11) is -3.99. The zero-order valence-electron chi connectivity index (χ0n) is 18.3. The van der Waals surface area contributed by atoms with Gasteiger partial charge in [-0.15, -0.1) is 0 Å². The number of carbonyl (C=O) groups excluding carboxylic acids is 1. The summed E-state index contributed by atoms with van der Waals surface area (Å²) in [5.74, 6) is -0.487. The third-order valence-corrected chi connectivity index (χ3v) is 7.09. The number of nitrogens with zero attached hydrogens (tertiary/aromatic N) is 1. The molecule has 0 aromatic heterocycles. The Morgan fingerprint density at radius 2 is 1.91 bits per heavy atom. The van der Waals surface area contributed by atoms with Gasteiger partial charge in [0.25, 0.3) is 16.0 Å². The van der Waals surface area contributed by atoms with E-state index in [9.17, 15) is 13.2 Å². The molecule has 1 saturated heterocycles. The van der Waals surface area contributed by atoms with E-state index in [1.54, 1.807) is 0 Å². The molecule has 1 aliphatic heterocycles. The predicted octanol–water partition coefficient (Wildman–Crippen LogP) is 4.35. The maximum Gasteiger partial charge on any atom is 0.265 e. The summed E-state index contributed by atoms with van der Waals surface area (Å²) in [6.07, 6.45) is 0.688. The van der Waals surface area contributed by atoms with Gasteiger partial charge in [0.05, 0.1) is 11.8 Å². The number of anilines is 1. The Hall–Kier alpha value is -2.90. The summed E-state index contributed by atoms with van der Waals surface area (Å²) in [4.78, 5) is 15.2. The number of amides is 1. The molecule has 2 N–H and O–H groups in total. The average molecular weight is 453 g/mol. The molecule has 7 heteroatoms. The molecule has 0 aliphatic carbocycles. The monoisotopic (exact) mass is 452 g/mol. The van der Waals surface area contributed by atoms with Gasteiger partial charge in [-0.1, -0.05) is 48.5 Å². The van der Waals surface area contributed by atoms with E-state index in [1.165, 1.54) is 0 Å². The maximum absolute atomic E-state index is 13.2. The molecule has 1 aliphatic rings. The topological polar surface area (TPSA) is 86.7 Å². The van der Waals surface area contributed by atoms with E-state index in [4.69, 9.17) is 4.55 Å². The van der Waals surface area contributed by atoms with Crippen LogP contribution in [-0.4, -0.2) is 37.7 Å². The van der Waals surface area contributed by atoms with E-state index in [0.29, 0.717) is 25.1 Å². The molecular formula is C25H28N2O4S. The van der Waals surface area contributed by atoms with Gasteiger partial charge < -0.3 is 10.2 Å². The summed E-state index contributed by atoms with van der Waals surface area (Å²) in [6.45, 7) is 5.12. The van der Waals surface area contributed by atoms with Crippen molar-refractivity contribution >= 4 is 32.5 Å². The van der Waals surface area contributed by atoms with Crippen molar-refractivity contribution in [3.05, 3.63) is 77.4 Å². The summed E-state index contributed by atoms with van der Waals surface area (Å²) >= 11 is 0. The van der Waals surface area contributed by atoms with Gasteiger partial charge >= 0.3 is 0 Å². The molecule has 32 heavy (non-hydrogen) atoms. The molecular weight excluding hydrogens is 424 g/mol. The van der Waals surface area contributed by atoms with E-state index in [-0.39, 0.29) is 23.6 Å². The first-order chi connectivity index (χ1) is 15.2. The van der Waals surface area contributed by atoms with Crippen molar-refractivity contribution in [3.8, 4) is 0 Å². The van der Waals surface area contributed by atoms with Crippen molar-refractivity contribution in [2.24, 2.45) is 5.92 Å². The van der Waals surface area contributed by atoms with E-state index >= 15 is 0 Å². The molecule has 1 fully saturated rings. The van der Waals surface area contributed by atoms with Gasteiger partial charge in [0.15, 0.2) is 0 Å². The quantitative estimate of drug-likeness (QED) is 0.543. The molecule has 0 saturated carbocycles. The van der Waals surface area contributed by atoms with E-state index in [1.807, 2.05) is 56.3 Å². The number of rotatable bonds is 6. The molecule has 2 atom stereocenters. The third kappa shape index (κ3) is 4.95. The fraction of sp³-hybridized carbons (Fsp3) is 0.320. The number of carbonyl (C=O) groups is 1. The smallest absolute Gasteiger partial charge is 0.265 e. The van der Waals surface area contributed by atoms with E-state index in [2.05, 4.69) is 28.4 Å². The minimum absolute atomic E-state index is 0.116. The average Bonchev–Trinajstić information content (AvgIpc) is 3.20. The number of nitrogens with one attached hydrogen (secondary N) is 1. The molecule has 3 aromatic carbocycles. The minimum atomic E-state index is -3.99. The third-order valence-electron chi connectivity index (χ3n) is 6.20. The Morgan fingerprint density at radius 1 is 1.16 bits per heavy atom. The molecule has 0 radical (unpaired) electrons. The predicted molar refractivity (Wildman–Crippen MR) is 128 cm³/mol.